The second kappa shape index (κ2) is 5.72. The molecule has 2 nitrogen and oxygen atoms in total. The molecule has 0 aliphatic heterocycles. The van der Waals surface area contributed by atoms with Gasteiger partial charge in [0.15, 0.2) is 0 Å². The highest BCUT2D eigenvalue weighted by atomic mass is 14.9. The van der Waals surface area contributed by atoms with Crippen molar-refractivity contribution in [3.8, 4) is 0 Å². The minimum Gasteiger partial charge on any atom is -0.319 e. The topological polar surface area (TPSA) is 24.1 Å². The second-order valence-corrected chi connectivity index (χ2v) is 5.00. The maximum absolute atomic E-state index is 3.62. The standard InChI is InChI=1S/C12H26N2/c1-4-12(6-5-7-12)10-14-9-11(2)8-13-3/h11,13-14H,4-10H2,1-3H3. The van der Waals surface area contributed by atoms with Crippen LogP contribution in [0.2, 0.25) is 0 Å². The molecule has 1 saturated carbocycles. The van der Waals surface area contributed by atoms with Crippen LogP contribution in [0.25, 0.3) is 0 Å². The van der Waals surface area contributed by atoms with Gasteiger partial charge in [-0.1, -0.05) is 20.3 Å². The molecule has 1 fully saturated rings. The van der Waals surface area contributed by atoms with E-state index in [9.17, 15) is 0 Å². The molecule has 1 aliphatic rings. The van der Waals surface area contributed by atoms with Crippen molar-refractivity contribution < 1.29 is 0 Å². The van der Waals surface area contributed by atoms with Crippen LogP contribution < -0.4 is 10.6 Å². The van der Waals surface area contributed by atoms with E-state index < -0.39 is 0 Å². The molecule has 1 aliphatic carbocycles. The smallest absolute Gasteiger partial charge is 0.000783 e. The second-order valence-electron chi connectivity index (χ2n) is 5.00. The summed E-state index contributed by atoms with van der Waals surface area (Å²) in [4.78, 5) is 0. The van der Waals surface area contributed by atoms with E-state index >= 15 is 0 Å². The first kappa shape index (κ1) is 12.0. The molecule has 2 N–H and O–H groups in total. The number of hydrogen-bond acceptors (Lipinski definition) is 2. The summed E-state index contributed by atoms with van der Waals surface area (Å²) in [6.45, 7) is 8.13. The Morgan fingerprint density at radius 1 is 1.29 bits per heavy atom. The van der Waals surface area contributed by atoms with Crippen LogP contribution in [0.3, 0.4) is 0 Å². The van der Waals surface area contributed by atoms with Crippen molar-refractivity contribution in [2.45, 2.75) is 39.5 Å². The van der Waals surface area contributed by atoms with E-state index in [1.165, 1.54) is 32.2 Å². The van der Waals surface area contributed by atoms with Crippen molar-refractivity contribution in [2.75, 3.05) is 26.7 Å². The Hall–Kier alpha value is -0.0800. The maximum Gasteiger partial charge on any atom is 0.000783 e. The Bertz CT molecular complexity index is 147. The third-order valence-electron chi connectivity index (χ3n) is 3.71. The fraction of sp³-hybridized carbons (Fsp3) is 1.00. The van der Waals surface area contributed by atoms with Gasteiger partial charge in [-0.2, -0.15) is 0 Å². The summed E-state index contributed by atoms with van der Waals surface area (Å²) in [6, 6.07) is 0. The predicted molar refractivity (Wildman–Crippen MR) is 62.5 cm³/mol. The molecule has 0 amide bonds. The third-order valence-corrected chi connectivity index (χ3v) is 3.71. The summed E-state index contributed by atoms with van der Waals surface area (Å²) in [5, 5.41) is 6.84. The van der Waals surface area contributed by atoms with Gasteiger partial charge in [0, 0.05) is 6.54 Å². The van der Waals surface area contributed by atoms with Crippen LogP contribution in [-0.2, 0) is 0 Å². The maximum atomic E-state index is 3.62. The van der Waals surface area contributed by atoms with Crippen molar-refractivity contribution in [1.82, 2.24) is 10.6 Å². The Morgan fingerprint density at radius 3 is 2.43 bits per heavy atom. The van der Waals surface area contributed by atoms with E-state index in [2.05, 4.69) is 24.5 Å². The molecule has 84 valence electrons. The normalized spacial score (nSPS) is 21.6. The van der Waals surface area contributed by atoms with Gasteiger partial charge in [-0.25, -0.2) is 0 Å². The fourth-order valence-corrected chi connectivity index (χ4v) is 2.34. The summed E-state index contributed by atoms with van der Waals surface area (Å²) in [6.07, 6.45) is 5.68. The molecule has 1 rings (SSSR count). The lowest BCUT2D eigenvalue weighted by atomic mass is 9.67. The molecule has 0 saturated heterocycles. The molecule has 0 aromatic rings. The number of nitrogens with one attached hydrogen (secondary N) is 2. The summed E-state index contributed by atoms with van der Waals surface area (Å²) < 4.78 is 0. The minimum absolute atomic E-state index is 0.666. The summed E-state index contributed by atoms with van der Waals surface area (Å²) >= 11 is 0. The van der Waals surface area contributed by atoms with E-state index in [0.717, 1.165) is 19.0 Å². The first-order chi connectivity index (χ1) is 6.72. The molecule has 0 aromatic carbocycles. The van der Waals surface area contributed by atoms with Crippen LogP contribution in [-0.4, -0.2) is 26.7 Å². The first-order valence-corrected chi connectivity index (χ1v) is 6.08. The van der Waals surface area contributed by atoms with Gasteiger partial charge in [-0.3, -0.25) is 0 Å². The SMILES string of the molecule is CCC1(CNCC(C)CNC)CCC1. The van der Waals surface area contributed by atoms with Gasteiger partial charge >= 0.3 is 0 Å². The van der Waals surface area contributed by atoms with E-state index in [0.29, 0.717) is 5.41 Å². The van der Waals surface area contributed by atoms with Crippen LogP contribution >= 0.6 is 0 Å². The first-order valence-electron chi connectivity index (χ1n) is 6.08. The summed E-state index contributed by atoms with van der Waals surface area (Å²) in [5.41, 5.74) is 0.666. The van der Waals surface area contributed by atoms with Crippen molar-refractivity contribution in [1.29, 1.82) is 0 Å². The summed E-state index contributed by atoms with van der Waals surface area (Å²) in [5.74, 6) is 0.744. The molecule has 0 spiro atoms. The van der Waals surface area contributed by atoms with Gasteiger partial charge in [0.05, 0.1) is 0 Å². The van der Waals surface area contributed by atoms with Crippen molar-refractivity contribution in [2.24, 2.45) is 11.3 Å². The fourth-order valence-electron chi connectivity index (χ4n) is 2.34. The Balaban J connectivity index is 2.08. The molecule has 0 heterocycles. The van der Waals surface area contributed by atoms with Crippen LogP contribution in [0.5, 0.6) is 0 Å². The quantitative estimate of drug-likeness (QED) is 0.654. The molecule has 0 aromatic heterocycles. The molecular formula is C12H26N2. The largest absolute Gasteiger partial charge is 0.319 e. The number of rotatable bonds is 7. The van der Waals surface area contributed by atoms with Crippen LogP contribution in [0.15, 0.2) is 0 Å². The van der Waals surface area contributed by atoms with E-state index in [4.69, 9.17) is 0 Å². The highest BCUT2D eigenvalue weighted by Gasteiger charge is 2.34. The van der Waals surface area contributed by atoms with E-state index in [1.807, 2.05) is 7.05 Å². The Kier molecular flexibility index (Phi) is 4.90. The molecule has 14 heavy (non-hydrogen) atoms. The lowest BCUT2D eigenvalue weighted by molar-refractivity contribution is 0.123. The molecule has 2 heteroatoms. The molecule has 1 unspecified atom stereocenters. The van der Waals surface area contributed by atoms with Gasteiger partial charge in [-0.15, -0.1) is 0 Å². The van der Waals surface area contributed by atoms with Crippen molar-refractivity contribution in [3.63, 3.8) is 0 Å². The highest BCUT2D eigenvalue weighted by molar-refractivity contribution is 4.88. The van der Waals surface area contributed by atoms with Gasteiger partial charge in [0.25, 0.3) is 0 Å². The average molecular weight is 198 g/mol. The van der Waals surface area contributed by atoms with Gasteiger partial charge < -0.3 is 10.6 Å². The average Bonchev–Trinajstić information content (AvgIpc) is 2.10. The monoisotopic (exact) mass is 198 g/mol. The zero-order valence-electron chi connectivity index (χ0n) is 10.0. The molecular weight excluding hydrogens is 172 g/mol. The van der Waals surface area contributed by atoms with Gasteiger partial charge in [0.1, 0.15) is 0 Å². The van der Waals surface area contributed by atoms with Crippen LogP contribution in [0.4, 0.5) is 0 Å². The van der Waals surface area contributed by atoms with Gasteiger partial charge in [-0.05, 0) is 50.7 Å². The zero-order valence-corrected chi connectivity index (χ0v) is 10.0. The molecule has 0 bridgehead atoms. The predicted octanol–water partition coefficient (Wildman–Crippen LogP) is 2.01. The Morgan fingerprint density at radius 2 is 2.00 bits per heavy atom. The van der Waals surface area contributed by atoms with E-state index in [1.54, 1.807) is 0 Å². The molecule has 0 radical (unpaired) electrons. The van der Waals surface area contributed by atoms with Crippen molar-refractivity contribution in [3.05, 3.63) is 0 Å². The van der Waals surface area contributed by atoms with Crippen LogP contribution in [0, 0.1) is 11.3 Å². The van der Waals surface area contributed by atoms with Gasteiger partial charge in [0.2, 0.25) is 0 Å². The third kappa shape index (κ3) is 3.25. The Labute approximate surface area is 88.8 Å². The highest BCUT2D eigenvalue weighted by Crippen LogP contribution is 2.42. The van der Waals surface area contributed by atoms with Crippen LogP contribution in [0.1, 0.15) is 39.5 Å². The lowest BCUT2D eigenvalue weighted by Gasteiger charge is -2.41. The number of hydrogen-bond donors (Lipinski definition) is 2. The minimum atomic E-state index is 0.666. The summed E-state index contributed by atoms with van der Waals surface area (Å²) in [7, 11) is 2.02. The zero-order chi connectivity index (χ0) is 10.4. The van der Waals surface area contributed by atoms with E-state index in [-0.39, 0.29) is 0 Å². The van der Waals surface area contributed by atoms with Crippen molar-refractivity contribution >= 4 is 0 Å². The lowest BCUT2D eigenvalue weighted by Crippen LogP contribution is -2.41. The molecule has 1 atom stereocenters.